The summed E-state index contributed by atoms with van der Waals surface area (Å²) >= 11 is 0. The van der Waals surface area contributed by atoms with Crippen LogP contribution in [0.15, 0.2) is 10.9 Å². The minimum absolute atomic E-state index is 0.143. The number of rotatable bonds is 2. The van der Waals surface area contributed by atoms with Gasteiger partial charge in [0.15, 0.2) is 0 Å². The average Bonchev–Trinajstić information content (AvgIpc) is 3.32. The van der Waals surface area contributed by atoms with Gasteiger partial charge in [0.05, 0.1) is 5.54 Å². The zero-order chi connectivity index (χ0) is 16.0. The minimum atomic E-state index is -0.272. The van der Waals surface area contributed by atoms with Gasteiger partial charge < -0.3 is 20.5 Å². The van der Waals surface area contributed by atoms with Crippen molar-refractivity contribution in [2.45, 2.75) is 37.1 Å². The van der Waals surface area contributed by atoms with Gasteiger partial charge in [-0.2, -0.15) is 0 Å². The van der Waals surface area contributed by atoms with E-state index in [4.69, 9.17) is 0 Å². The molecule has 1 saturated carbocycles. The molecular weight excluding hydrogens is 298 g/mol. The van der Waals surface area contributed by atoms with Crippen molar-refractivity contribution in [2.75, 3.05) is 19.6 Å². The molecule has 23 heavy (non-hydrogen) atoms. The summed E-state index contributed by atoms with van der Waals surface area (Å²) in [5, 5.41) is 5.73. The SMILES string of the molecule is O=C1NCC2(CCN(C(=O)c3cc(=O)[nH]c(C4CC4)n3)CC2)N1. The average molecular weight is 317 g/mol. The zero-order valence-electron chi connectivity index (χ0n) is 12.7. The van der Waals surface area contributed by atoms with Gasteiger partial charge in [0.2, 0.25) is 0 Å². The number of carbonyl (C=O) groups excluding carboxylic acids is 2. The van der Waals surface area contributed by atoms with Crippen molar-refractivity contribution in [3.8, 4) is 0 Å². The first-order chi connectivity index (χ1) is 11.0. The summed E-state index contributed by atoms with van der Waals surface area (Å²) in [4.78, 5) is 44.5. The predicted octanol–water partition coefficient (Wildman–Crippen LogP) is -0.0651. The molecule has 3 aliphatic rings. The monoisotopic (exact) mass is 317 g/mol. The third-order valence-corrected chi connectivity index (χ3v) is 4.92. The number of urea groups is 1. The first-order valence-corrected chi connectivity index (χ1v) is 8.01. The van der Waals surface area contributed by atoms with Crippen molar-refractivity contribution >= 4 is 11.9 Å². The maximum absolute atomic E-state index is 12.6. The summed E-state index contributed by atoms with van der Waals surface area (Å²) < 4.78 is 0. The van der Waals surface area contributed by atoms with E-state index >= 15 is 0 Å². The number of nitrogens with one attached hydrogen (secondary N) is 3. The van der Waals surface area contributed by atoms with Crippen LogP contribution in [0.25, 0.3) is 0 Å². The normalized spacial score (nSPS) is 22.8. The molecule has 0 aromatic carbocycles. The van der Waals surface area contributed by atoms with Crippen LogP contribution in [-0.4, -0.2) is 52.0 Å². The molecule has 0 atom stereocenters. The van der Waals surface area contributed by atoms with Crippen molar-refractivity contribution < 1.29 is 9.59 Å². The van der Waals surface area contributed by atoms with Crippen molar-refractivity contribution in [2.24, 2.45) is 0 Å². The summed E-state index contributed by atoms with van der Waals surface area (Å²) in [7, 11) is 0. The Morgan fingerprint density at radius 1 is 1.26 bits per heavy atom. The molecule has 0 bridgehead atoms. The topological polar surface area (TPSA) is 107 Å². The van der Waals surface area contributed by atoms with E-state index in [9.17, 15) is 14.4 Å². The third kappa shape index (κ3) is 2.69. The number of piperidine rings is 1. The van der Waals surface area contributed by atoms with Crippen LogP contribution in [-0.2, 0) is 0 Å². The predicted molar refractivity (Wildman–Crippen MR) is 81.2 cm³/mol. The molecule has 122 valence electrons. The van der Waals surface area contributed by atoms with Crippen LogP contribution in [0, 0.1) is 0 Å². The van der Waals surface area contributed by atoms with Crippen molar-refractivity contribution in [1.29, 1.82) is 0 Å². The molecule has 1 aromatic rings. The van der Waals surface area contributed by atoms with E-state index in [1.54, 1.807) is 4.90 Å². The first-order valence-electron chi connectivity index (χ1n) is 8.01. The van der Waals surface area contributed by atoms with Crippen molar-refractivity contribution in [3.63, 3.8) is 0 Å². The zero-order valence-corrected chi connectivity index (χ0v) is 12.7. The molecular formula is C15H19N5O3. The standard InChI is InChI=1S/C15H19N5O3/c21-11-7-10(17-12(18-11)9-1-2-9)13(22)20-5-3-15(4-6-20)8-16-14(23)19-15/h7,9H,1-6,8H2,(H2,16,19,23)(H,17,18,21). The molecule has 2 aliphatic heterocycles. The van der Waals surface area contributed by atoms with Crippen LogP contribution in [0.2, 0.25) is 0 Å². The second-order valence-corrected chi connectivity index (χ2v) is 6.67. The minimum Gasteiger partial charge on any atom is -0.337 e. The Bertz CT molecular complexity index is 716. The number of likely N-dealkylation sites (tertiary alicyclic amines) is 1. The second-order valence-electron chi connectivity index (χ2n) is 6.67. The maximum atomic E-state index is 12.6. The van der Waals surface area contributed by atoms with E-state index in [0.29, 0.717) is 44.2 Å². The second kappa shape index (κ2) is 5.07. The molecule has 8 nitrogen and oxygen atoms in total. The Morgan fingerprint density at radius 2 is 2.00 bits per heavy atom. The number of hydrogen-bond donors (Lipinski definition) is 3. The highest BCUT2D eigenvalue weighted by atomic mass is 16.2. The molecule has 1 aromatic heterocycles. The van der Waals surface area contributed by atoms with Gasteiger partial charge in [-0.05, 0) is 25.7 Å². The molecule has 4 rings (SSSR count). The lowest BCUT2D eigenvalue weighted by molar-refractivity contribution is 0.0661. The Hall–Kier alpha value is -2.38. The highest BCUT2D eigenvalue weighted by Crippen LogP contribution is 2.37. The van der Waals surface area contributed by atoms with Gasteiger partial charge in [-0.1, -0.05) is 0 Å². The van der Waals surface area contributed by atoms with E-state index in [2.05, 4.69) is 20.6 Å². The molecule has 2 saturated heterocycles. The van der Waals surface area contributed by atoms with Gasteiger partial charge in [0, 0.05) is 31.6 Å². The van der Waals surface area contributed by atoms with Gasteiger partial charge in [-0.15, -0.1) is 0 Å². The molecule has 3 amide bonds. The molecule has 0 unspecified atom stereocenters. The highest BCUT2D eigenvalue weighted by molar-refractivity contribution is 5.92. The van der Waals surface area contributed by atoms with Crippen molar-refractivity contribution in [1.82, 2.24) is 25.5 Å². The van der Waals surface area contributed by atoms with Crippen LogP contribution in [0.4, 0.5) is 4.79 Å². The Labute approximate surface area is 132 Å². The fraction of sp³-hybridized carbons (Fsp3) is 0.600. The number of aromatic amines is 1. The number of nitrogens with zero attached hydrogens (tertiary/aromatic N) is 2. The first kappa shape index (κ1) is 14.2. The van der Waals surface area contributed by atoms with E-state index in [-0.39, 0.29) is 28.7 Å². The van der Waals surface area contributed by atoms with Crippen LogP contribution in [0.1, 0.15) is 47.9 Å². The molecule has 0 radical (unpaired) electrons. The highest BCUT2D eigenvalue weighted by Gasteiger charge is 2.41. The Morgan fingerprint density at radius 3 is 2.61 bits per heavy atom. The lowest BCUT2D eigenvalue weighted by atomic mass is 9.88. The summed E-state index contributed by atoms with van der Waals surface area (Å²) in [6.45, 7) is 1.70. The van der Waals surface area contributed by atoms with Gasteiger partial charge in [0.1, 0.15) is 11.5 Å². The fourth-order valence-corrected chi connectivity index (χ4v) is 3.32. The van der Waals surface area contributed by atoms with Gasteiger partial charge in [0.25, 0.3) is 11.5 Å². The number of carbonyl (C=O) groups is 2. The Kier molecular flexibility index (Phi) is 3.14. The number of H-pyrrole nitrogens is 1. The molecule has 8 heteroatoms. The molecule has 1 aliphatic carbocycles. The van der Waals surface area contributed by atoms with Gasteiger partial charge in [-0.3, -0.25) is 9.59 Å². The largest absolute Gasteiger partial charge is 0.337 e. The maximum Gasteiger partial charge on any atom is 0.315 e. The number of aromatic nitrogens is 2. The van der Waals surface area contributed by atoms with E-state index < -0.39 is 0 Å². The summed E-state index contributed by atoms with van der Waals surface area (Å²) in [6, 6.07) is 1.13. The Balaban J connectivity index is 1.48. The van der Waals surface area contributed by atoms with E-state index in [1.165, 1.54) is 6.07 Å². The molecule has 3 fully saturated rings. The molecule has 3 N–H and O–H groups in total. The third-order valence-electron chi connectivity index (χ3n) is 4.92. The summed E-state index contributed by atoms with van der Waals surface area (Å²) in [6.07, 6.45) is 3.44. The molecule has 3 heterocycles. The molecule has 1 spiro atoms. The lowest BCUT2D eigenvalue weighted by Gasteiger charge is -2.38. The van der Waals surface area contributed by atoms with Crippen LogP contribution in [0.5, 0.6) is 0 Å². The quantitative estimate of drug-likeness (QED) is 0.710. The lowest BCUT2D eigenvalue weighted by Crippen LogP contribution is -2.53. The van der Waals surface area contributed by atoms with E-state index in [0.717, 1.165) is 12.8 Å². The summed E-state index contributed by atoms with van der Waals surface area (Å²) in [5.41, 5.74) is -0.291. The van der Waals surface area contributed by atoms with E-state index in [1.807, 2.05) is 0 Å². The summed E-state index contributed by atoms with van der Waals surface area (Å²) in [5.74, 6) is 0.714. The van der Waals surface area contributed by atoms with Crippen molar-refractivity contribution in [3.05, 3.63) is 27.9 Å². The van der Waals surface area contributed by atoms with Gasteiger partial charge in [-0.25, -0.2) is 9.78 Å². The smallest absolute Gasteiger partial charge is 0.315 e. The van der Waals surface area contributed by atoms with Crippen LogP contribution >= 0.6 is 0 Å². The van der Waals surface area contributed by atoms with Crippen LogP contribution in [0.3, 0.4) is 0 Å². The number of hydrogen-bond acceptors (Lipinski definition) is 4. The van der Waals surface area contributed by atoms with Gasteiger partial charge >= 0.3 is 6.03 Å². The van der Waals surface area contributed by atoms with Crippen LogP contribution < -0.4 is 16.2 Å². The fourth-order valence-electron chi connectivity index (χ4n) is 3.32. The number of amides is 3.